The Morgan fingerprint density at radius 2 is 1.55 bits per heavy atom. The van der Waals surface area contributed by atoms with Gasteiger partial charge in [-0.15, -0.1) is 0 Å². The Bertz CT molecular complexity index is 1190. The number of nitrogen functional groups attached to an aromatic ring is 1. The van der Waals surface area contributed by atoms with Crippen LogP contribution >= 0.6 is 0 Å². The predicted molar refractivity (Wildman–Crippen MR) is 124 cm³/mol. The molecule has 0 saturated heterocycles. The quantitative estimate of drug-likeness (QED) is 0.253. The van der Waals surface area contributed by atoms with E-state index in [1.54, 1.807) is 66.7 Å². The van der Waals surface area contributed by atoms with Crippen molar-refractivity contribution in [3.63, 3.8) is 0 Å². The number of amides is 2. The maximum absolute atomic E-state index is 13.3. The molecule has 8 nitrogen and oxygen atoms in total. The number of hydrogen-bond donors (Lipinski definition) is 5. The minimum absolute atomic E-state index is 0.0377. The maximum Gasteiger partial charge on any atom is 0.326 e. The highest BCUT2D eigenvalue weighted by Gasteiger charge is 2.28. The Morgan fingerprint density at radius 3 is 2.15 bits per heavy atom. The standard InChI is InChI=1S/C25H24N4O4/c26-22(27)18-12-7-13-19(15-18)23(30)29-21(17-10-5-2-6-11-17)24(31)28-20(25(32)33)14-16-8-3-1-4-9-16/h1-13,15,20-21H,14H2,(H3,26,27)(H,28,31)(H,29,30)(H,32,33)/t20-,21+/m0/s1/i/hD. The van der Waals surface area contributed by atoms with Crippen LogP contribution in [0.5, 0.6) is 0 Å². The summed E-state index contributed by atoms with van der Waals surface area (Å²) in [7, 11) is 0. The lowest BCUT2D eigenvalue weighted by Crippen LogP contribution is -2.48. The SMILES string of the molecule is [2H]N(C(=O)c1cccc(C(=N)N)c1)[C@@H](C(=O)N[C@@H](Cc1ccccc1)C(=O)O)c1ccccc1. The molecule has 0 aliphatic heterocycles. The van der Waals surface area contributed by atoms with Gasteiger partial charge < -0.3 is 21.5 Å². The first-order valence-electron chi connectivity index (χ1n) is 10.6. The normalized spacial score (nSPS) is 12.7. The van der Waals surface area contributed by atoms with E-state index in [1.165, 1.54) is 18.2 Å². The molecule has 6 N–H and O–H groups in total. The highest BCUT2D eigenvalue weighted by molar-refractivity contribution is 6.01. The molecule has 0 spiro atoms. The highest BCUT2D eigenvalue weighted by atomic mass is 16.4. The molecule has 2 amide bonds. The predicted octanol–water partition coefficient (Wildman–Crippen LogP) is 2.25. The summed E-state index contributed by atoms with van der Waals surface area (Å²) in [6.07, 6.45) is 0.0377. The van der Waals surface area contributed by atoms with Gasteiger partial charge >= 0.3 is 5.97 Å². The third kappa shape index (κ3) is 6.27. The van der Waals surface area contributed by atoms with Gasteiger partial charge in [0, 0.05) is 17.5 Å². The molecule has 8 heteroatoms. The number of carbonyl (C=O) groups excluding carboxylic acids is 2. The molecule has 33 heavy (non-hydrogen) atoms. The molecule has 2 atom stereocenters. The van der Waals surface area contributed by atoms with Crippen molar-refractivity contribution >= 4 is 23.6 Å². The summed E-state index contributed by atoms with van der Waals surface area (Å²) in [5.41, 5.74) is 6.92. The number of aliphatic carboxylic acids is 1. The molecule has 0 aromatic heterocycles. The first-order chi connectivity index (χ1) is 16.3. The van der Waals surface area contributed by atoms with Crippen molar-refractivity contribution in [1.82, 2.24) is 10.6 Å². The van der Waals surface area contributed by atoms with Gasteiger partial charge in [0.2, 0.25) is 5.91 Å². The number of amidine groups is 1. The molecule has 3 aromatic rings. The van der Waals surface area contributed by atoms with Crippen molar-refractivity contribution in [3.05, 3.63) is 107 Å². The topological polar surface area (TPSA) is 145 Å². The smallest absolute Gasteiger partial charge is 0.326 e. The molecule has 3 aromatic carbocycles. The fourth-order valence-electron chi connectivity index (χ4n) is 3.23. The fourth-order valence-corrected chi connectivity index (χ4v) is 3.23. The monoisotopic (exact) mass is 445 g/mol. The van der Waals surface area contributed by atoms with Crippen molar-refractivity contribution in [2.45, 2.75) is 18.5 Å². The summed E-state index contributed by atoms with van der Waals surface area (Å²) < 4.78 is 8.48. The van der Waals surface area contributed by atoms with Crippen molar-refractivity contribution in [2.24, 2.45) is 5.73 Å². The molecule has 0 bridgehead atoms. The summed E-state index contributed by atoms with van der Waals surface area (Å²) in [6, 6.07) is 20.2. The van der Waals surface area contributed by atoms with E-state index < -0.39 is 29.9 Å². The van der Waals surface area contributed by atoms with Gasteiger partial charge in [0.15, 0.2) is 1.41 Å². The number of nitrogens with one attached hydrogen (secondary N) is 3. The molecule has 0 unspecified atom stereocenters. The zero-order chi connectivity index (χ0) is 24.7. The van der Waals surface area contributed by atoms with Gasteiger partial charge in [0.05, 0.1) is 0 Å². The molecular formula is C25H24N4O4. The molecule has 168 valence electrons. The second kappa shape index (κ2) is 10.7. The van der Waals surface area contributed by atoms with Gasteiger partial charge in [-0.05, 0) is 23.3 Å². The van der Waals surface area contributed by atoms with Crippen molar-refractivity contribution in [1.29, 1.82) is 5.41 Å². The zero-order valence-corrected chi connectivity index (χ0v) is 17.6. The van der Waals surface area contributed by atoms with Gasteiger partial charge in [-0.3, -0.25) is 15.0 Å². The summed E-state index contributed by atoms with van der Waals surface area (Å²) >= 11 is 0. The second-order valence-electron chi connectivity index (χ2n) is 7.33. The summed E-state index contributed by atoms with van der Waals surface area (Å²) in [5, 5.41) is 20.2. The van der Waals surface area contributed by atoms with Crippen molar-refractivity contribution < 1.29 is 20.9 Å². The summed E-state index contributed by atoms with van der Waals surface area (Å²) in [5.74, 6) is -3.09. The molecule has 0 heterocycles. The van der Waals surface area contributed by atoms with Crippen LogP contribution in [-0.4, -0.2) is 34.8 Å². The zero-order valence-electron chi connectivity index (χ0n) is 18.6. The third-order valence-electron chi connectivity index (χ3n) is 4.93. The molecule has 0 aliphatic carbocycles. The number of carboxylic acid groups (broad SMARTS) is 1. The number of carbonyl (C=O) groups is 3. The summed E-state index contributed by atoms with van der Waals surface area (Å²) in [4.78, 5) is 38.2. The Hall–Kier alpha value is -4.46. The Kier molecular flexibility index (Phi) is 7.07. The fraction of sp³-hybridized carbons (Fsp3) is 0.120. The van der Waals surface area contributed by atoms with E-state index in [2.05, 4.69) is 5.32 Å². The van der Waals surface area contributed by atoms with E-state index in [0.29, 0.717) is 22.0 Å². The minimum Gasteiger partial charge on any atom is -0.480 e. The first kappa shape index (κ1) is 21.8. The van der Waals surface area contributed by atoms with Gasteiger partial charge in [-0.2, -0.15) is 0 Å². The second-order valence-corrected chi connectivity index (χ2v) is 7.33. The van der Waals surface area contributed by atoms with Gasteiger partial charge in [0.1, 0.15) is 17.9 Å². The lowest BCUT2D eigenvalue weighted by Gasteiger charge is -2.22. The number of hydrogen-bond acceptors (Lipinski definition) is 4. The molecule has 3 rings (SSSR count). The molecule has 0 fully saturated rings. The van der Waals surface area contributed by atoms with Gasteiger partial charge in [-0.1, -0.05) is 72.8 Å². The van der Waals surface area contributed by atoms with E-state index in [1.807, 2.05) is 0 Å². The van der Waals surface area contributed by atoms with Crippen LogP contribution < -0.4 is 16.4 Å². The number of nitrogens with two attached hydrogens (primary N) is 1. The van der Waals surface area contributed by atoms with Crippen molar-refractivity contribution in [2.75, 3.05) is 0 Å². The first-order valence-corrected chi connectivity index (χ1v) is 10.2. The van der Waals surface area contributed by atoms with Gasteiger partial charge in [0.25, 0.3) is 5.91 Å². The Morgan fingerprint density at radius 1 is 0.939 bits per heavy atom. The maximum atomic E-state index is 13.3. The highest BCUT2D eigenvalue weighted by Crippen LogP contribution is 2.16. The van der Waals surface area contributed by atoms with E-state index in [4.69, 9.17) is 12.6 Å². The van der Waals surface area contributed by atoms with Crippen LogP contribution in [0.3, 0.4) is 0 Å². The number of benzene rings is 3. The Labute approximate surface area is 192 Å². The van der Waals surface area contributed by atoms with Crippen LogP contribution in [-0.2, 0) is 16.0 Å². The van der Waals surface area contributed by atoms with Crippen LogP contribution in [0.25, 0.3) is 0 Å². The lowest BCUT2D eigenvalue weighted by molar-refractivity contribution is -0.142. The van der Waals surface area contributed by atoms with Gasteiger partial charge in [-0.25, -0.2) is 4.79 Å². The average molecular weight is 445 g/mol. The average Bonchev–Trinajstić information content (AvgIpc) is 2.84. The van der Waals surface area contributed by atoms with E-state index in [0.717, 1.165) is 0 Å². The molecular weight excluding hydrogens is 420 g/mol. The number of carboxylic acids is 1. The van der Waals surface area contributed by atoms with E-state index >= 15 is 0 Å². The molecule has 0 saturated carbocycles. The van der Waals surface area contributed by atoms with E-state index in [-0.39, 0.29) is 17.8 Å². The van der Waals surface area contributed by atoms with E-state index in [9.17, 15) is 19.5 Å². The van der Waals surface area contributed by atoms with Crippen LogP contribution in [0, 0.1) is 5.41 Å². The number of rotatable bonds is 9. The van der Waals surface area contributed by atoms with Crippen molar-refractivity contribution in [3.8, 4) is 0 Å². The van der Waals surface area contributed by atoms with Crippen LogP contribution in [0.15, 0.2) is 84.9 Å². The summed E-state index contributed by atoms with van der Waals surface area (Å²) in [6.45, 7) is 0. The molecule has 0 aliphatic rings. The lowest BCUT2D eigenvalue weighted by atomic mass is 10.0. The van der Waals surface area contributed by atoms with Crippen LogP contribution in [0.2, 0.25) is 1.41 Å². The Balaban J connectivity index is 1.90. The minimum atomic E-state index is -1.41. The molecule has 0 radical (unpaired) electrons. The van der Waals surface area contributed by atoms with Crippen LogP contribution in [0.4, 0.5) is 0 Å². The third-order valence-corrected chi connectivity index (χ3v) is 4.93. The largest absolute Gasteiger partial charge is 0.480 e. The van der Waals surface area contributed by atoms with Crippen LogP contribution in [0.1, 0.15) is 33.1 Å².